The van der Waals surface area contributed by atoms with Gasteiger partial charge in [0.1, 0.15) is 18.2 Å². The van der Waals surface area contributed by atoms with Gasteiger partial charge in [-0.15, -0.1) is 0 Å². The highest BCUT2D eigenvalue weighted by atomic mass is 79.9. The monoisotopic (exact) mass is 350 g/mol. The van der Waals surface area contributed by atoms with E-state index in [1.165, 1.54) is 0 Å². The van der Waals surface area contributed by atoms with E-state index in [1.54, 1.807) is 12.1 Å². The Morgan fingerprint density at radius 1 is 1.25 bits per heavy atom. The Morgan fingerprint density at radius 2 is 2.00 bits per heavy atom. The van der Waals surface area contributed by atoms with Crippen molar-refractivity contribution in [1.82, 2.24) is 9.97 Å². The molecule has 3 aromatic rings. The SMILES string of the molecule is Cc1cc(Br)cc2[nH]c(COc3ccc(Cl)cc3)nc12. The van der Waals surface area contributed by atoms with Gasteiger partial charge in [0.05, 0.1) is 11.0 Å². The van der Waals surface area contributed by atoms with Crippen molar-refractivity contribution in [2.75, 3.05) is 0 Å². The number of fused-ring (bicyclic) bond motifs is 1. The van der Waals surface area contributed by atoms with Crippen LogP contribution in [-0.2, 0) is 6.61 Å². The van der Waals surface area contributed by atoms with Gasteiger partial charge in [0, 0.05) is 9.50 Å². The molecule has 1 N–H and O–H groups in total. The van der Waals surface area contributed by atoms with Gasteiger partial charge in [-0.05, 0) is 48.9 Å². The number of H-pyrrole nitrogens is 1. The van der Waals surface area contributed by atoms with E-state index in [0.717, 1.165) is 32.6 Å². The van der Waals surface area contributed by atoms with E-state index < -0.39 is 0 Å². The van der Waals surface area contributed by atoms with Gasteiger partial charge in [0.25, 0.3) is 0 Å². The number of hydrogen-bond donors (Lipinski definition) is 1. The first-order valence-corrected chi connectivity index (χ1v) is 7.32. The number of nitrogens with one attached hydrogen (secondary N) is 1. The molecule has 0 unspecified atom stereocenters. The lowest BCUT2D eigenvalue weighted by atomic mass is 10.2. The van der Waals surface area contributed by atoms with Gasteiger partial charge in [-0.3, -0.25) is 0 Å². The van der Waals surface area contributed by atoms with E-state index in [4.69, 9.17) is 16.3 Å². The molecule has 0 aliphatic carbocycles. The van der Waals surface area contributed by atoms with Crippen molar-refractivity contribution in [1.29, 1.82) is 0 Å². The van der Waals surface area contributed by atoms with Gasteiger partial charge in [-0.2, -0.15) is 0 Å². The van der Waals surface area contributed by atoms with Crippen LogP contribution in [0.3, 0.4) is 0 Å². The van der Waals surface area contributed by atoms with Gasteiger partial charge >= 0.3 is 0 Å². The topological polar surface area (TPSA) is 37.9 Å². The molecule has 0 saturated heterocycles. The molecular formula is C15H12BrClN2O. The third kappa shape index (κ3) is 2.81. The molecule has 0 amide bonds. The largest absolute Gasteiger partial charge is 0.486 e. The first kappa shape index (κ1) is 13.5. The average Bonchev–Trinajstić information content (AvgIpc) is 2.81. The van der Waals surface area contributed by atoms with Crippen LogP contribution >= 0.6 is 27.5 Å². The van der Waals surface area contributed by atoms with Crippen molar-refractivity contribution in [2.24, 2.45) is 0 Å². The van der Waals surface area contributed by atoms with Crippen molar-refractivity contribution >= 4 is 38.6 Å². The molecule has 5 heteroatoms. The van der Waals surface area contributed by atoms with Crippen LogP contribution in [-0.4, -0.2) is 9.97 Å². The Balaban J connectivity index is 1.81. The molecular weight excluding hydrogens is 340 g/mol. The molecule has 1 heterocycles. The number of aryl methyl sites for hydroxylation is 1. The molecule has 102 valence electrons. The van der Waals surface area contributed by atoms with Gasteiger partial charge in [0.15, 0.2) is 0 Å². The standard InChI is InChI=1S/C15H12BrClN2O/c1-9-6-10(16)7-13-15(9)19-14(18-13)8-20-12-4-2-11(17)3-5-12/h2-7H,8H2,1H3,(H,18,19). The summed E-state index contributed by atoms with van der Waals surface area (Å²) in [5, 5.41) is 0.696. The predicted octanol–water partition coefficient (Wildman–Crippen LogP) is 4.87. The third-order valence-corrected chi connectivity index (χ3v) is 3.69. The number of hydrogen-bond acceptors (Lipinski definition) is 2. The van der Waals surface area contributed by atoms with Gasteiger partial charge in [0.2, 0.25) is 0 Å². The van der Waals surface area contributed by atoms with Crippen LogP contribution in [0.2, 0.25) is 5.02 Å². The van der Waals surface area contributed by atoms with Crippen LogP contribution < -0.4 is 4.74 Å². The van der Waals surface area contributed by atoms with E-state index in [1.807, 2.05) is 31.2 Å². The molecule has 2 aromatic carbocycles. The minimum Gasteiger partial charge on any atom is -0.486 e. The first-order valence-electron chi connectivity index (χ1n) is 6.15. The Bertz CT molecular complexity index is 752. The molecule has 0 atom stereocenters. The molecule has 0 aliphatic heterocycles. The van der Waals surface area contributed by atoms with Crippen LogP contribution in [0, 0.1) is 6.92 Å². The van der Waals surface area contributed by atoms with Crippen molar-refractivity contribution in [2.45, 2.75) is 13.5 Å². The summed E-state index contributed by atoms with van der Waals surface area (Å²) in [5.74, 6) is 1.57. The number of aromatic nitrogens is 2. The van der Waals surface area contributed by atoms with Crippen LogP contribution in [0.4, 0.5) is 0 Å². The second-order valence-corrected chi connectivity index (χ2v) is 5.90. The molecule has 1 aromatic heterocycles. The zero-order chi connectivity index (χ0) is 14.1. The predicted molar refractivity (Wildman–Crippen MR) is 84.3 cm³/mol. The lowest BCUT2D eigenvalue weighted by Gasteiger charge is -2.03. The average molecular weight is 352 g/mol. The normalized spacial score (nSPS) is 10.9. The van der Waals surface area contributed by atoms with Gasteiger partial charge < -0.3 is 9.72 Å². The fourth-order valence-electron chi connectivity index (χ4n) is 2.05. The van der Waals surface area contributed by atoms with E-state index in [-0.39, 0.29) is 0 Å². The summed E-state index contributed by atoms with van der Waals surface area (Å²) in [4.78, 5) is 7.83. The van der Waals surface area contributed by atoms with E-state index in [2.05, 4.69) is 25.9 Å². The zero-order valence-corrected chi connectivity index (χ0v) is 13.1. The Labute approximate surface area is 130 Å². The second kappa shape index (κ2) is 5.46. The highest BCUT2D eigenvalue weighted by Crippen LogP contribution is 2.23. The maximum absolute atomic E-state index is 5.84. The summed E-state index contributed by atoms with van der Waals surface area (Å²) < 4.78 is 6.72. The van der Waals surface area contributed by atoms with Gasteiger partial charge in [-0.1, -0.05) is 27.5 Å². The van der Waals surface area contributed by atoms with Crippen molar-refractivity contribution < 1.29 is 4.74 Å². The number of benzene rings is 2. The fourth-order valence-corrected chi connectivity index (χ4v) is 2.75. The van der Waals surface area contributed by atoms with E-state index >= 15 is 0 Å². The number of ether oxygens (including phenoxy) is 1. The fraction of sp³-hybridized carbons (Fsp3) is 0.133. The Morgan fingerprint density at radius 3 is 2.75 bits per heavy atom. The minimum atomic E-state index is 0.396. The Kier molecular flexibility index (Phi) is 3.68. The summed E-state index contributed by atoms with van der Waals surface area (Å²) in [6, 6.07) is 11.3. The second-order valence-electron chi connectivity index (χ2n) is 4.54. The lowest BCUT2D eigenvalue weighted by Crippen LogP contribution is -1.97. The number of nitrogens with zero attached hydrogens (tertiary/aromatic N) is 1. The maximum Gasteiger partial charge on any atom is 0.146 e. The Hall–Kier alpha value is -1.52. The smallest absolute Gasteiger partial charge is 0.146 e. The lowest BCUT2D eigenvalue weighted by molar-refractivity contribution is 0.297. The van der Waals surface area contributed by atoms with E-state index in [9.17, 15) is 0 Å². The van der Waals surface area contributed by atoms with Crippen LogP contribution in [0.25, 0.3) is 11.0 Å². The number of imidazole rings is 1. The number of rotatable bonds is 3. The maximum atomic E-state index is 5.84. The highest BCUT2D eigenvalue weighted by molar-refractivity contribution is 9.10. The zero-order valence-electron chi connectivity index (χ0n) is 10.8. The molecule has 0 bridgehead atoms. The summed E-state index contributed by atoms with van der Waals surface area (Å²) in [7, 11) is 0. The molecule has 0 fully saturated rings. The minimum absolute atomic E-state index is 0.396. The third-order valence-electron chi connectivity index (χ3n) is 2.98. The number of halogens is 2. The van der Waals surface area contributed by atoms with Crippen LogP contribution in [0.1, 0.15) is 11.4 Å². The van der Waals surface area contributed by atoms with Crippen molar-refractivity contribution in [3.05, 3.63) is 57.3 Å². The van der Waals surface area contributed by atoms with Gasteiger partial charge in [-0.25, -0.2) is 4.98 Å². The highest BCUT2D eigenvalue weighted by Gasteiger charge is 2.07. The summed E-state index contributed by atoms with van der Waals surface area (Å²) >= 11 is 9.32. The molecule has 0 saturated carbocycles. The molecule has 3 nitrogen and oxygen atoms in total. The summed E-state index contributed by atoms with van der Waals surface area (Å²) in [5.41, 5.74) is 3.11. The summed E-state index contributed by atoms with van der Waals surface area (Å²) in [6.07, 6.45) is 0. The van der Waals surface area contributed by atoms with Crippen molar-refractivity contribution in [3.63, 3.8) is 0 Å². The molecule has 0 aliphatic rings. The summed E-state index contributed by atoms with van der Waals surface area (Å²) in [6.45, 7) is 2.44. The molecule has 3 rings (SSSR count). The van der Waals surface area contributed by atoms with Crippen molar-refractivity contribution in [3.8, 4) is 5.75 Å². The quantitative estimate of drug-likeness (QED) is 0.731. The molecule has 20 heavy (non-hydrogen) atoms. The van der Waals surface area contributed by atoms with Crippen LogP contribution in [0.15, 0.2) is 40.9 Å². The first-order chi connectivity index (χ1) is 9.61. The van der Waals surface area contributed by atoms with E-state index in [0.29, 0.717) is 11.6 Å². The molecule has 0 radical (unpaired) electrons. The van der Waals surface area contributed by atoms with Crippen LogP contribution in [0.5, 0.6) is 5.75 Å². The number of aromatic amines is 1. The molecule has 0 spiro atoms.